The van der Waals surface area contributed by atoms with Crippen LogP contribution in [0.2, 0.25) is 0 Å². The Hall–Kier alpha value is -4.36. The molecule has 7 rings (SSSR count). The van der Waals surface area contributed by atoms with Gasteiger partial charge in [0, 0.05) is 22.5 Å². The van der Waals surface area contributed by atoms with E-state index >= 15 is 0 Å². The molecule has 1 heteroatoms. The molecule has 1 aliphatic carbocycles. The zero-order valence-electron chi connectivity index (χ0n) is 20.6. The van der Waals surface area contributed by atoms with E-state index in [1.54, 1.807) is 0 Å². The number of nitrogens with zero attached hydrogens (tertiary/aromatic N) is 1. The summed E-state index contributed by atoms with van der Waals surface area (Å²) in [7, 11) is 0. The second-order valence-electron chi connectivity index (χ2n) is 10.3. The van der Waals surface area contributed by atoms with Gasteiger partial charge in [0.25, 0.3) is 0 Å². The molecule has 0 N–H and O–H groups in total. The number of rotatable bonds is 3. The van der Waals surface area contributed by atoms with Gasteiger partial charge >= 0.3 is 0 Å². The van der Waals surface area contributed by atoms with Crippen molar-refractivity contribution in [2.45, 2.75) is 19.3 Å². The molecule has 0 radical (unpaired) electrons. The molecule has 36 heavy (non-hydrogen) atoms. The highest BCUT2D eigenvalue weighted by Crippen LogP contribution is 2.50. The first-order chi connectivity index (χ1) is 17.6. The summed E-state index contributed by atoms with van der Waals surface area (Å²) >= 11 is 0. The van der Waals surface area contributed by atoms with Crippen molar-refractivity contribution in [2.75, 3.05) is 4.90 Å². The first kappa shape index (κ1) is 21.0. The second kappa shape index (κ2) is 7.83. The van der Waals surface area contributed by atoms with Crippen LogP contribution in [0.1, 0.15) is 25.0 Å². The predicted octanol–water partition coefficient (Wildman–Crippen LogP) is 9.77. The average Bonchev–Trinajstić information content (AvgIpc) is 3.15. The molecule has 0 fully saturated rings. The summed E-state index contributed by atoms with van der Waals surface area (Å²) in [6, 6.07) is 46.5. The maximum atomic E-state index is 2.40. The molecule has 0 unspecified atom stereocenters. The van der Waals surface area contributed by atoms with E-state index in [2.05, 4.69) is 146 Å². The van der Waals surface area contributed by atoms with Crippen LogP contribution < -0.4 is 4.90 Å². The van der Waals surface area contributed by atoms with Gasteiger partial charge in [0.2, 0.25) is 0 Å². The Labute approximate surface area is 212 Å². The van der Waals surface area contributed by atoms with Crippen molar-refractivity contribution < 1.29 is 0 Å². The van der Waals surface area contributed by atoms with Crippen molar-refractivity contribution in [3.63, 3.8) is 0 Å². The molecule has 1 nitrogen and oxygen atoms in total. The number of hydrogen-bond acceptors (Lipinski definition) is 1. The van der Waals surface area contributed by atoms with Crippen molar-refractivity contribution in [3.05, 3.63) is 139 Å². The quantitative estimate of drug-likeness (QED) is 0.253. The summed E-state index contributed by atoms with van der Waals surface area (Å²) in [6.07, 6.45) is 0. The van der Waals surface area contributed by atoms with Gasteiger partial charge in [-0.1, -0.05) is 105 Å². The molecule has 0 spiro atoms. The van der Waals surface area contributed by atoms with Crippen LogP contribution in [0.4, 0.5) is 17.1 Å². The minimum absolute atomic E-state index is 0.0413. The van der Waals surface area contributed by atoms with Crippen LogP contribution in [0.3, 0.4) is 0 Å². The minimum atomic E-state index is -0.0413. The fourth-order valence-corrected chi connectivity index (χ4v) is 5.91. The smallest absolute Gasteiger partial charge is 0.0468 e. The van der Waals surface area contributed by atoms with Crippen LogP contribution in [0.25, 0.3) is 32.7 Å². The molecule has 172 valence electrons. The maximum absolute atomic E-state index is 2.40. The number of hydrogen-bond donors (Lipinski definition) is 0. The van der Waals surface area contributed by atoms with Crippen LogP contribution >= 0.6 is 0 Å². The first-order valence-corrected chi connectivity index (χ1v) is 12.6. The number of anilines is 3. The third kappa shape index (κ3) is 3.17. The van der Waals surface area contributed by atoms with E-state index < -0.39 is 0 Å². The lowest BCUT2D eigenvalue weighted by atomic mass is 9.82. The van der Waals surface area contributed by atoms with E-state index in [0.29, 0.717) is 0 Å². The van der Waals surface area contributed by atoms with Crippen molar-refractivity contribution in [3.8, 4) is 11.1 Å². The monoisotopic (exact) mass is 461 g/mol. The molecular weight excluding hydrogens is 434 g/mol. The standard InChI is InChI=1S/C35H27N/c1-35(2)33-14-8-7-13-31(33)32-20-19-30(23-34(32)35)36(28-17-15-24-9-3-5-11-26(24)21-28)29-18-16-25-10-4-6-12-27(25)22-29/h3-23H,1-2H3. The van der Waals surface area contributed by atoms with E-state index in [4.69, 9.17) is 0 Å². The molecule has 0 saturated heterocycles. The minimum Gasteiger partial charge on any atom is -0.310 e. The van der Waals surface area contributed by atoms with Gasteiger partial charge in [-0.25, -0.2) is 0 Å². The maximum Gasteiger partial charge on any atom is 0.0468 e. The Morgan fingerprint density at radius 1 is 0.417 bits per heavy atom. The van der Waals surface area contributed by atoms with Crippen LogP contribution in [-0.4, -0.2) is 0 Å². The van der Waals surface area contributed by atoms with Crippen LogP contribution in [-0.2, 0) is 5.41 Å². The Balaban J connectivity index is 1.45. The largest absolute Gasteiger partial charge is 0.310 e. The summed E-state index contributed by atoms with van der Waals surface area (Å²) < 4.78 is 0. The zero-order valence-corrected chi connectivity index (χ0v) is 20.6. The highest BCUT2D eigenvalue weighted by molar-refractivity contribution is 5.93. The third-order valence-corrected chi connectivity index (χ3v) is 7.81. The van der Waals surface area contributed by atoms with E-state index in [9.17, 15) is 0 Å². The summed E-state index contributed by atoms with van der Waals surface area (Å²) in [5.74, 6) is 0. The van der Waals surface area contributed by atoms with Gasteiger partial charge in [0.1, 0.15) is 0 Å². The van der Waals surface area contributed by atoms with Gasteiger partial charge in [-0.3, -0.25) is 0 Å². The Morgan fingerprint density at radius 2 is 0.889 bits per heavy atom. The lowest BCUT2D eigenvalue weighted by Gasteiger charge is -2.28. The third-order valence-electron chi connectivity index (χ3n) is 7.81. The lowest BCUT2D eigenvalue weighted by Crippen LogP contribution is -2.16. The highest BCUT2D eigenvalue weighted by atomic mass is 15.1. The zero-order chi connectivity index (χ0) is 24.3. The molecule has 0 heterocycles. The Bertz CT molecular complexity index is 1700. The molecule has 6 aromatic carbocycles. The van der Waals surface area contributed by atoms with Crippen molar-refractivity contribution in [1.29, 1.82) is 0 Å². The van der Waals surface area contributed by atoms with Gasteiger partial charge in [-0.15, -0.1) is 0 Å². The normalized spacial score (nSPS) is 13.5. The van der Waals surface area contributed by atoms with Crippen molar-refractivity contribution in [1.82, 2.24) is 0 Å². The molecule has 0 saturated carbocycles. The fraction of sp³-hybridized carbons (Fsp3) is 0.0857. The van der Waals surface area contributed by atoms with Gasteiger partial charge in [-0.2, -0.15) is 0 Å². The average molecular weight is 462 g/mol. The summed E-state index contributed by atoms with van der Waals surface area (Å²) in [4.78, 5) is 2.40. The van der Waals surface area contributed by atoms with Crippen molar-refractivity contribution >= 4 is 38.6 Å². The molecule has 0 amide bonds. The van der Waals surface area contributed by atoms with Gasteiger partial charge < -0.3 is 4.90 Å². The molecule has 0 aromatic heterocycles. The van der Waals surface area contributed by atoms with E-state index in [-0.39, 0.29) is 5.41 Å². The van der Waals surface area contributed by atoms with Gasteiger partial charge in [0.15, 0.2) is 0 Å². The molecule has 0 aliphatic heterocycles. The Morgan fingerprint density at radius 3 is 1.53 bits per heavy atom. The van der Waals surface area contributed by atoms with E-state index in [1.807, 2.05) is 0 Å². The van der Waals surface area contributed by atoms with Crippen molar-refractivity contribution in [2.24, 2.45) is 0 Å². The molecule has 0 bridgehead atoms. The van der Waals surface area contributed by atoms with E-state index in [1.165, 1.54) is 49.5 Å². The van der Waals surface area contributed by atoms with Gasteiger partial charge in [-0.05, 0) is 80.2 Å². The van der Waals surface area contributed by atoms with Crippen LogP contribution in [0.5, 0.6) is 0 Å². The van der Waals surface area contributed by atoms with Crippen LogP contribution in [0.15, 0.2) is 127 Å². The Kier molecular flexibility index (Phi) is 4.56. The lowest BCUT2D eigenvalue weighted by molar-refractivity contribution is 0.660. The summed E-state index contributed by atoms with van der Waals surface area (Å²) in [5.41, 5.74) is 8.95. The molecular formula is C35H27N. The number of benzene rings is 6. The highest BCUT2D eigenvalue weighted by Gasteiger charge is 2.35. The van der Waals surface area contributed by atoms with E-state index in [0.717, 1.165) is 11.4 Å². The predicted molar refractivity (Wildman–Crippen MR) is 154 cm³/mol. The molecule has 6 aromatic rings. The van der Waals surface area contributed by atoms with Crippen LogP contribution in [0, 0.1) is 0 Å². The second-order valence-corrected chi connectivity index (χ2v) is 10.3. The summed E-state index contributed by atoms with van der Waals surface area (Å²) in [6.45, 7) is 4.69. The topological polar surface area (TPSA) is 3.24 Å². The SMILES string of the molecule is CC1(C)c2ccccc2-c2ccc(N(c3ccc4ccccc4c3)c3ccc4ccccc4c3)cc21. The molecule has 1 aliphatic rings. The van der Waals surface area contributed by atoms with Gasteiger partial charge in [0.05, 0.1) is 0 Å². The first-order valence-electron chi connectivity index (χ1n) is 12.6. The number of fused-ring (bicyclic) bond motifs is 5. The molecule has 0 atom stereocenters. The summed E-state index contributed by atoms with van der Waals surface area (Å²) in [5, 5.41) is 5.00. The fourth-order valence-electron chi connectivity index (χ4n) is 5.91.